The summed E-state index contributed by atoms with van der Waals surface area (Å²) in [6, 6.07) is 3.46. The van der Waals surface area contributed by atoms with Gasteiger partial charge in [0, 0.05) is 13.1 Å². The summed E-state index contributed by atoms with van der Waals surface area (Å²) < 4.78 is 26.6. The van der Waals surface area contributed by atoms with Crippen molar-refractivity contribution < 1.29 is 13.6 Å². The first kappa shape index (κ1) is 10.2. The van der Waals surface area contributed by atoms with Crippen molar-refractivity contribution in [2.75, 3.05) is 13.1 Å². The predicted octanol–water partition coefficient (Wildman–Crippen LogP) is 1.76. The van der Waals surface area contributed by atoms with Gasteiger partial charge in [-0.2, -0.15) is 0 Å². The molecule has 0 radical (unpaired) electrons. The highest BCUT2D eigenvalue weighted by atomic mass is 19.1. The second kappa shape index (κ2) is 3.38. The number of benzene rings is 1. The molecule has 1 aromatic rings. The maximum Gasteiger partial charge on any atom is 0.177 e. The van der Waals surface area contributed by atoms with Crippen molar-refractivity contribution in [1.82, 2.24) is 5.32 Å². The zero-order valence-corrected chi connectivity index (χ0v) is 8.31. The lowest BCUT2D eigenvalue weighted by Gasteiger charge is -2.37. The molecule has 2 nitrogen and oxygen atoms in total. The first-order valence-electron chi connectivity index (χ1n) is 4.74. The van der Waals surface area contributed by atoms with E-state index in [2.05, 4.69) is 5.32 Å². The minimum atomic E-state index is -0.784. The highest BCUT2D eigenvalue weighted by molar-refractivity contribution is 6.01. The second-order valence-electron chi connectivity index (χ2n) is 4.09. The summed E-state index contributed by atoms with van der Waals surface area (Å²) in [5.41, 5.74) is -1.08. The van der Waals surface area contributed by atoms with Crippen molar-refractivity contribution >= 4 is 5.78 Å². The number of ketones is 1. The van der Waals surface area contributed by atoms with Crippen molar-refractivity contribution in [3.63, 3.8) is 0 Å². The van der Waals surface area contributed by atoms with E-state index in [4.69, 9.17) is 0 Å². The highest BCUT2D eigenvalue weighted by Gasteiger charge is 2.41. The Labute approximate surface area is 86.3 Å². The molecule has 1 aliphatic heterocycles. The number of hydrogen-bond donors (Lipinski definition) is 1. The summed E-state index contributed by atoms with van der Waals surface area (Å²) >= 11 is 0. The third-order valence-corrected chi connectivity index (χ3v) is 2.77. The van der Waals surface area contributed by atoms with E-state index < -0.39 is 28.4 Å². The van der Waals surface area contributed by atoms with Gasteiger partial charge >= 0.3 is 0 Å². The summed E-state index contributed by atoms with van der Waals surface area (Å²) in [5.74, 6) is -2.03. The molecule has 0 unspecified atom stereocenters. The van der Waals surface area contributed by atoms with Crippen LogP contribution in [0.2, 0.25) is 0 Å². The van der Waals surface area contributed by atoms with Crippen LogP contribution in [0.4, 0.5) is 8.78 Å². The number of carbonyl (C=O) groups is 1. The third-order valence-electron chi connectivity index (χ3n) is 2.77. The molecule has 2 rings (SSSR count). The molecule has 4 heteroatoms. The van der Waals surface area contributed by atoms with Gasteiger partial charge in [-0.3, -0.25) is 4.79 Å². The van der Waals surface area contributed by atoms with E-state index in [1.807, 2.05) is 0 Å². The van der Waals surface area contributed by atoms with Gasteiger partial charge in [-0.15, -0.1) is 0 Å². The number of halogens is 2. The van der Waals surface area contributed by atoms with E-state index in [-0.39, 0.29) is 0 Å². The predicted molar refractivity (Wildman–Crippen MR) is 51.7 cm³/mol. The molecule has 0 aliphatic carbocycles. The molecule has 15 heavy (non-hydrogen) atoms. The van der Waals surface area contributed by atoms with E-state index in [1.54, 1.807) is 6.92 Å². The minimum Gasteiger partial charge on any atom is -0.315 e. The average Bonchev–Trinajstić information content (AvgIpc) is 2.13. The Bertz CT molecular complexity index is 393. The fraction of sp³-hybridized carbons (Fsp3) is 0.364. The van der Waals surface area contributed by atoms with Crippen LogP contribution in [-0.2, 0) is 0 Å². The normalized spacial score (nSPS) is 18.3. The van der Waals surface area contributed by atoms with E-state index in [0.29, 0.717) is 13.1 Å². The fourth-order valence-corrected chi connectivity index (χ4v) is 1.68. The maximum absolute atomic E-state index is 13.3. The molecule has 0 atom stereocenters. The monoisotopic (exact) mass is 211 g/mol. The number of carbonyl (C=O) groups excluding carboxylic acids is 1. The van der Waals surface area contributed by atoms with Gasteiger partial charge in [-0.1, -0.05) is 6.07 Å². The molecule has 1 aliphatic rings. The Morgan fingerprint density at radius 3 is 2.27 bits per heavy atom. The smallest absolute Gasteiger partial charge is 0.177 e. The molecule has 1 N–H and O–H groups in total. The first-order chi connectivity index (χ1) is 7.04. The molecule has 0 spiro atoms. The van der Waals surface area contributed by atoms with Crippen LogP contribution in [0.5, 0.6) is 0 Å². The van der Waals surface area contributed by atoms with Crippen LogP contribution in [-0.4, -0.2) is 18.9 Å². The summed E-state index contributed by atoms with van der Waals surface area (Å²) in [4.78, 5) is 11.9. The van der Waals surface area contributed by atoms with Crippen LogP contribution in [0.15, 0.2) is 18.2 Å². The van der Waals surface area contributed by atoms with Crippen LogP contribution in [0.1, 0.15) is 17.3 Å². The number of Topliss-reactive ketones (excluding diaryl/α,β-unsaturated/α-hetero) is 1. The van der Waals surface area contributed by atoms with E-state index in [9.17, 15) is 13.6 Å². The van der Waals surface area contributed by atoms with Gasteiger partial charge < -0.3 is 5.32 Å². The standard InChI is InChI=1S/C11H11F2NO/c1-11(5-14-6-11)10(15)9-7(12)3-2-4-8(9)13/h2-4,14H,5-6H2,1H3. The highest BCUT2D eigenvalue weighted by Crippen LogP contribution is 2.29. The summed E-state index contributed by atoms with van der Waals surface area (Å²) in [7, 11) is 0. The van der Waals surface area contributed by atoms with Crippen molar-refractivity contribution in [2.45, 2.75) is 6.92 Å². The maximum atomic E-state index is 13.3. The zero-order chi connectivity index (χ0) is 11.1. The SMILES string of the molecule is CC1(C(=O)c2c(F)cccc2F)CNC1. The minimum absolute atomic E-state index is 0.415. The largest absolute Gasteiger partial charge is 0.315 e. The number of hydrogen-bond acceptors (Lipinski definition) is 2. The van der Waals surface area contributed by atoms with Crippen LogP contribution < -0.4 is 5.32 Å². The molecule has 1 fully saturated rings. The Hall–Kier alpha value is -1.29. The molecule has 1 aromatic carbocycles. The molecule has 0 amide bonds. The third kappa shape index (κ3) is 1.55. The van der Waals surface area contributed by atoms with Crippen LogP contribution in [0.25, 0.3) is 0 Å². The molecule has 0 saturated carbocycles. The topological polar surface area (TPSA) is 29.1 Å². The van der Waals surface area contributed by atoms with Crippen molar-refractivity contribution in [3.8, 4) is 0 Å². The van der Waals surface area contributed by atoms with Crippen LogP contribution in [0.3, 0.4) is 0 Å². The van der Waals surface area contributed by atoms with Gasteiger partial charge in [0.2, 0.25) is 0 Å². The van der Waals surface area contributed by atoms with Crippen LogP contribution >= 0.6 is 0 Å². The summed E-state index contributed by atoms with van der Waals surface area (Å²) in [5, 5.41) is 2.93. The molecule has 1 heterocycles. The summed E-state index contributed by atoms with van der Waals surface area (Å²) in [6.45, 7) is 2.65. The Kier molecular flexibility index (Phi) is 2.31. The molecule has 1 saturated heterocycles. The van der Waals surface area contributed by atoms with Gasteiger partial charge in [-0.05, 0) is 19.1 Å². The zero-order valence-electron chi connectivity index (χ0n) is 8.31. The van der Waals surface area contributed by atoms with Crippen molar-refractivity contribution in [1.29, 1.82) is 0 Å². The van der Waals surface area contributed by atoms with E-state index >= 15 is 0 Å². The lowest BCUT2D eigenvalue weighted by Crippen LogP contribution is -2.56. The quantitative estimate of drug-likeness (QED) is 0.755. The fourth-order valence-electron chi connectivity index (χ4n) is 1.68. The van der Waals surface area contributed by atoms with E-state index in [1.165, 1.54) is 6.07 Å². The van der Waals surface area contributed by atoms with Gasteiger partial charge in [0.15, 0.2) is 5.78 Å². The molecule has 0 bridgehead atoms. The first-order valence-corrected chi connectivity index (χ1v) is 4.74. The Balaban J connectivity index is 2.41. The molecule has 0 aromatic heterocycles. The average molecular weight is 211 g/mol. The Morgan fingerprint density at radius 2 is 1.87 bits per heavy atom. The number of rotatable bonds is 2. The lowest BCUT2D eigenvalue weighted by atomic mass is 9.77. The van der Waals surface area contributed by atoms with Gasteiger partial charge in [0.1, 0.15) is 11.6 Å². The van der Waals surface area contributed by atoms with Gasteiger partial charge in [0.25, 0.3) is 0 Å². The molecular weight excluding hydrogens is 200 g/mol. The lowest BCUT2D eigenvalue weighted by molar-refractivity contribution is 0.0712. The van der Waals surface area contributed by atoms with Crippen molar-refractivity contribution in [2.24, 2.45) is 5.41 Å². The van der Waals surface area contributed by atoms with Crippen LogP contribution in [0, 0.1) is 17.0 Å². The number of nitrogens with one attached hydrogen (secondary N) is 1. The summed E-state index contributed by atoms with van der Waals surface area (Å²) in [6.07, 6.45) is 0. The Morgan fingerprint density at radius 1 is 1.33 bits per heavy atom. The molecule has 80 valence electrons. The van der Waals surface area contributed by atoms with Gasteiger partial charge in [-0.25, -0.2) is 8.78 Å². The second-order valence-corrected chi connectivity index (χ2v) is 4.09. The molecular formula is C11H11F2NO. The van der Waals surface area contributed by atoms with Gasteiger partial charge in [0.05, 0.1) is 11.0 Å². The van der Waals surface area contributed by atoms with E-state index in [0.717, 1.165) is 12.1 Å². The van der Waals surface area contributed by atoms with Crippen molar-refractivity contribution in [3.05, 3.63) is 35.4 Å².